The third kappa shape index (κ3) is 7.17. The Morgan fingerprint density at radius 2 is 1.61 bits per heavy atom. The van der Waals surface area contributed by atoms with E-state index in [9.17, 15) is 29.2 Å². The van der Waals surface area contributed by atoms with Gasteiger partial charge in [0.05, 0.1) is 34.6 Å². The molecule has 3 saturated heterocycles. The summed E-state index contributed by atoms with van der Waals surface area (Å²) in [6, 6.07) is 13.6. The highest BCUT2D eigenvalue weighted by molar-refractivity contribution is 6.23. The fourth-order valence-electron chi connectivity index (χ4n) is 10.6. The fourth-order valence-corrected chi connectivity index (χ4v) is 10.6. The van der Waals surface area contributed by atoms with Crippen molar-refractivity contribution in [2.45, 2.75) is 71.6 Å². The maximum atomic E-state index is 13.5. The highest BCUT2D eigenvalue weighted by Gasteiger charge is 2.64. The molecule has 6 heterocycles. The Bertz CT molecular complexity index is 2500. The monoisotopic (exact) mass is 838 g/mol. The van der Waals surface area contributed by atoms with E-state index in [1.165, 1.54) is 0 Å². The number of nitrogens with zero attached hydrogens (tertiary/aromatic N) is 8. The van der Waals surface area contributed by atoms with Crippen LogP contribution >= 0.6 is 0 Å². The number of aromatic nitrogens is 3. The molecule has 4 aliphatic heterocycles. The number of piperazine rings is 1. The van der Waals surface area contributed by atoms with E-state index in [1.807, 2.05) is 24.3 Å². The van der Waals surface area contributed by atoms with E-state index in [0.29, 0.717) is 28.3 Å². The molecule has 4 aromatic rings. The number of hydrogen-bond donors (Lipinski definition) is 2. The maximum absolute atomic E-state index is 13.5. The van der Waals surface area contributed by atoms with Crippen LogP contribution in [0.1, 0.15) is 90.1 Å². The summed E-state index contributed by atoms with van der Waals surface area (Å²) in [4.78, 5) is 85.7. The molecule has 1 aliphatic carbocycles. The van der Waals surface area contributed by atoms with Crippen molar-refractivity contribution in [1.29, 1.82) is 5.26 Å². The Kier molecular flexibility index (Phi) is 10.4. The molecule has 1 saturated carbocycles. The molecule has 4 fully saturated rings. The van der Waals surface area contributed by atoms with Crippen LogP contribution in [0.25, 0.3) is 10.9 Å². The predicted octanol–water partition coefficient (Wildman–Crippen LogP) is 3.95. The second-order valence-corrected chi connectivity index (χ2v) is 18.3. The van der Waals surface area contributed by atoms with Gasteiger partial charge in [0.1, 0.15) is 35.5 Å². The van der Waals surface area contributed by atoms with Gasteiger partial charge in [0.2, 0.25) is 11.8 Å². The zero-order valence-electron chi connectivity index (χ0n) is 35.4. The van der Waals surface area contributed by atoms with Gasteiger partial charge in [-0.3, -0.25) is 44.1 Å². The Morgan fingerprint density at radius 3 is 2.31 bits per heavy atom. The summed E-state index contributed by atoms with van der Waals surface area (Å²) in [6.45, 7) is 14.3. The Hall–Kier alpha value is -6.47. The van der Waals surface area contributed by atoms with Crippen LogP contribution in [0.15, 0.2) is 61.1 Å². The number of amides is 5. The number of carbonyl (C=O) groups is 5. The van der Waals surface area contributed by atoms with Crippen molar-refractivity contribution >= 4 is 51.9 Å². The fraction of sp³-hybridized carbons (Fsp3) is 0.457. The first kappa shape index (κ1) is 40.9. The van der Waals surface area contributed by atoms with Crippen LogP contribution in [0.2, 0.25) is 0 Å². The summed E-state index contributed by atoms with van der Waals surface area (Å²) in [5, 5.41) is 15.8. The molecule has 1 atom stereocenters. The van der Waals surface area contributed by atoms with Gasteiger partial charge in [-0.1, -0.05) is 27.7 Å². The normalized spacial score (nSPS) is 23.7. The van der Waals surface area contributed by atoms with Crippen molar-refractivity contribution in [1.82, 2.24) is 35.4 Å². The lowest BCUT2D eigenvalue weighted by molar-refractivity contribution is -0.163. The van der Waals surface area contributed by atoms with Gasteiger partial charge < -0.3 is 19.9 Å². The van der Waals surface area contributed by atoms with Gasteiger partial charge in [0, 0.05) is 86.4 Å². The van der Waals surface area contributed by atoms with E-state index in [4.69, 9.17) is 4.74 Å². The van der Waals surface area contributed by atoms with E-state index in [-0.39, 0.29) is 42.2 Å². The Balaban J connectivity index is 0.740. The topological polar surface area (TPSA) is 194 Å². The molecule has 62 heavy (non-hydrogen) atoms. The van der Waals surface area contributed by atoms with Crippen molar-refractivity contribution in [3.63, 3.8) is 0 Å². The van der Waals surface area contributed by atoms with E-state index in [0.717, 1.165) is 80.4 Å². The predicted molar refractivity (Wildman–Crippen MR) is 228 cm³/mol. The zero-order chi connectivity index (χ0) is 43.5. The smallest absolute Gasteiger partial charge is 0.271 e. The molecule has 9 rings (SSSR count). The van der Waals surface area contributed by atoms with Gasteiger partial charge in [0.25, 0.3) is 17.7 Å². The van der Waals surface area contributed by atoms with Gasteiger partial charge in [-0.15, -0.1) is 0 Å². The first-order valence-corrected chi connectivity index (χ1v) is 21.4. The summed E-state index contributed by atoms with van der Waals surface area (Å²) in [5.74, 6) is -0.338. The largest absolute Gasteiger partial charge is 0.488 e. The maximum Gasteiger partial charge on any atom is 0.271 e. The molecule has 2 N–H and O–H groups in total. The number of nitriles is 1. The lowest BCUT2D eigenvalue weighted by Gasteiger charge is -2.63. The standard InChI is InChI=1S/C46H50N10O6/c1-45(2)43(46(3,4)44(45)62-35-11-7-28(23-47)38-31(35)6-5-15-48-38)52-39(58)33-24-50-36(25-49-33)55-16-13-27(14-17-55)26-53-18-20-54(21-19-53)29-8-9-30-32(22-29)42(61)56(41(30)60)34-10-12-37(57)51-40(34)59/h5-9,11,15,22,24-25,27,34,43-44H,10,12-14,16-21,26H2,1-4H3,(H,52,58)(H,51,57,59)/t34?,43-,44-. The number of nitrogens with one attached hydrogen (secondary N) is 2. The van der Waals surface area contributed by atoms with Crippen LogP contribution in [0.4, 0.5) is 11.5 Å². The molecule has 5 aliphatic rings. The number of pyridine rings is 1. The highest BCUT2D eigenvalue weighted by atomic mass is 16.5. The van der Waals surface area contributed by atoms with Crippen LogP contribution in [-0.4, -0.2) is 118 Å². The molecular formula is C46H50N10O6. The minimum Gasteiger partial charge on any atom is -0.488 e. The number of imide groups is 2. The summed E-state index contributed by atoms with van der Waals surface area (Å²) >= 11 is 0. The van der Waals surface area contributed by atoms with E-state index in [1.54, 1.807) is 36.8 Å². The number of piperidine rings is 2. The second-order valence-electron chi connectivity index (χ2n) is 18.3. The number of carbonyl (C=O) groups excluding carboxylic acids is 5. The van der Waals surface area contributed by atoms with E-state index in [2.05, 4.69) is 74.0 Å². The number of fused-ring (bicyclic) bond motifs is 2. The van der Waals surface area contributed by atoms with Gasteiger partial charge in [0.15, 0.2) is 0 Å². The van der Waals surface area contributed by atoms with Gasteiger partial charge in [-0.05, 0) is 67.6 Å². The first-order valence-electron chi connectivity index (χ1n) is 21.4. The van der Waals surface area contributed by atoms with Crippen LogP contribution in [0.3, 0.4) is 0 Å². The van der Waals surface area contributed by atoms with Crippen LogP contribution in [-0.2, 0) is 9.59 Å². The minimum absolute atomic E-state index is 0.0849. The van der Waals surface area contributed by atoms with Crippen LogP contribution < -0.4 is 25.2 Å². The molecule has 16 heteroatoms. The molecular weight excluding hydrogens is 789 g/mol. The number of ether oxygens (including phenoxy) is 1. The highest BCUT2D eigenvalue weighted by Crippen LogP contribution is 2.56. The molecule has 0 bridgehead atoms. The third-order valence-electron chi connectivity index (χ3n) is 13.7. The summed E-state index contributed by atoms with van der Waals surface area (Å²) < 4.78 is 6.63. The SMILES string of the molecule is CC1(C)[C@H](NC(=O)c2cnc(N3CCC(CN4CCN(c5ccc6c(c5)C(=O)N(C5CCC(=O)NC5=O)C6=O)CC4)CC3)cn2)C(C)(C)[C@H]1Oc1ccc(C#N)c2ncccc12. The zero-order valence-corrected chi connectivity index (χ0v) is 35.4. The number of benzene rings is 2. The average Bonchev–Trinajstić information content (AvgIpc) is 3.52. The van der Waals surface area contributed by atoms with Crippen molar-refractivity contribution < 1.29 is 28.7 Å². The molecule has 16 nitrogen and oxygen atoms in total. The van der Waals surface area contributed by atoms with Crippen LogP contribution in [0.5, 0.6) is 5.75 Å². The van der Waals surface area contributed by atoms with E-state index < -0.39 is 40.5 Å². The summed E-state index contributed by atoms with van der Waals surface area (Å²) in [5.41, 5.74) is 1.98. The lowest BCUT2D eigenvalue weighted by atomic mass is 9.49. The van der Waals surface area contributed by atoms with Gasteiger partial charge in [-0.25, -0.2) is 9.97 Å². The number of rotatable bonds is 9. The van der Waals surface area contributed by atoms with Crippen molar-refractivity contribution in [3.05, 3.63) is 83.4 Å². The first-order chi connectivity index (χ1) is 29.7. The van der Waals surface area contributed by atoms with Crippen LogP contribution in [0, 0.1) is 28.1 Å². The number of anilines is 2. The molecule has 0 spiro atoms. The van der Waals surface area contributed by atoms with Crippen molar-refractivity contribution in [3.8, 4) is 11.8 Å². The van der Waals surface area contributed by atoms with Crippen molar-refractivity contribution in [2.75, 3.05) is 55.6 Å². The Labute approximate surface area is 359 Å². The molecule has 2 aromatic carbocycles. The number of hydrogen-bond acceptors (Lipinski definition) is 13. The van der Waals surface area contributed by atoms with Gasteiger partial charge >= 0.3 is 0 Å². The molecule has 320 valence electrons. The summed E-state index contributed by atoms with van der Waals surface area (Å²) in [6.07, 6.45) is 6.93. The molecule has 0 radical (unpaired) electrons. The summed E-state index contributed by atoms with van der Waals surface area (Å²) in [7, 11) is 0. The van der Waals surface area contributed by atoms with Gasteiger partial charge in [-0.2, -0.15) is 5.26 Å². The van der Waals surface area contributed by atoms with E-state index >= 15 is 0 Å². The average molecular weight is 839 g/mol. The third-order valence-corrected chi connectivity index (χ3v) is 13.7. The lowest BCUT2D eigenvalue weighted by Crippen LogP contribution is -2.74. The second kappa shape index (κ2) is 15.8. The van der Waals surface area contributed by atoms with Crippen molar-refractivity contribution in [2.24, 2.45) is 16.7 Å². The minimum atomic E-state index is -0.982. The quantitative estimate of drug-likeness (QED) is 0.231. The molecule has 2 aromatic heterocycles. The Morgan fingerprint density at radius 1 is 0.871 bits per heavy atom. The molecule has 1 unspecified atom stereocenters. The molecule has 5 amide bonds.